The van der Waals surface area contributed by atoms with Gasteiger partial charge in [-0.25, -0.2) is 0 Å². The molecule has 5 heteroatoms. The lowest BCUT2D eigenvalue weighted by Gasteiger charge is -2.07. The fourth-order valence-corrected chi connectivity index (χ4v) is 0.861. The summed E-state index contributed by atoms with van der Waals surface area (Å²) in [4.78, 5) is 0. The van der Waals surface area contributed by atoms with Gasteiger partial charge in [-0.3, -0.25) is 0 Å². The molecule has 0 aromatic rings. The van der Waals surface area contributed by atoms with Crippen LogP contribution in [0.5, 0.6) is 0 Å². The van der Waals surface area contributed by atoms with Crippen molar-refractivity contribution in [2.75, 3.05) is 25.2 Å². The number of hydrogen-bond acceptors (Lipinski definition) is 4. The zero-order chi connectivity index (χ0) is 10.1. The van der Waals surface area contributed by atoms with Crippen molar-refractivity contribution in [3.63, 3.8) is 0 Å². The van der Waals surface area contributed by atoms with Crippen LogP contribution in [0.1, 0.15) is 6.42 Å². The Balaban J connectivity index is 3.41. The Hall–Kier alpha value is -0.100. The Kier molecular flexibility index (Phi) is 8.43. The third kappa shape index (κ3) is 8.24. The van der Waals surface area contributed by atoms with Gasteiger partial charge in [0.1, 0.15) is 18.5 Å². The van der Waals surface area contributed by atoms with Crippen LogP contribution in [0.3, 0.4) is 0 Å². The minimum Gasteiger partial charge on any atom is -0.510 e. The van der Waals surface area contributed by atoms with E-state index in [1.165, 1.54) is 0 Å². The Labute approximate surface area is 86.0 Å². The van der Waals surface area contributed by atoms with E-state index in [-0.39, 0.29) is 25.6 Å². The first-order valence-electron chi connectivity index (χ1n) is 4.01. The van der Waals surface area contributed by atoms with E-state index < -0.39 is 6.10 Å². The van der Waals surface area contributed by atoms with Crippen LogP contribution in [0.25, 0.3) is 0 Å². The van der Waals surface area contributed by atoms with E-state index in [9.17, 15) is 0 Å². The van der Waals surface area contributed by atoms with Crippen molar-refractivity contribution in [3.05, 3.63) is 11.8 Å². The molecule has 0 heterocycles. The summed E-state index contributed by atoms with van der Waals surface area (Å²) in [6, 6.07) is 0. The number of halogens is 1. The zero-order valence-electron chi connectivity index (χ0n) is 7.32. The summed E-state index contributed by atoms with van der Waals surface area (Å²) in [5.41, 5.74) is 0. The predicted octanol–water partition coefficient (Wildman–Crippen LogP) is 0.583. The molecule has 0 bridgehead atoms. The molecule has 0 spiro atoms. The second-order valence-electron chi connectivity index (χ2n) is 2.52. The van der Waals surface area contributed by atoms with E-state index in [1.54, 1.807) is 6.08 Å². The Morgan fingerprint density at radius 2 is 2.23 bits per heavy atom. The van der Waals surface area contributed by atoms with Crippen LogP contribution in [0.2, 0.25) is 0 Å². The molecule has 0 fully saturated rings. The summed E-state index contributed by atoms with van der Waals surface area (Å²) in [6.45, 7) is -0.224. The molecule has 0 aliphatic carbocycles. The van der Waals surface area contributed by atoms with E-state index in [1.807, 2.05) is 0 Å². The van der Waals surface area contributed by atoms with Gasteiger partial charge in [-0.1, -0.05) is 15.9 Å². The first-order chi connectivity index (χ1) is 6.20. The molecule has 0 amide bonds. The van der Waals surface area contributed by atoms with Crippen LogP contribution in [-0.2, 0) is 4.74 Å². The monoisotopic (exact) mass is 254 g/mol. The lowest BCUT2D eigenvalue weighted by molar-refractivity contribution is 0.00681. The van der Waals surface area contributed by atoms with Gasteiger partial charge in [-0.15, -0.1) is 0 Å². The van der Waals surface area contributed by atoms with Crippen LogP contribution in [0, 0.1) is 0 Å². The summed E-state index contributed by atoms with van der Waals surface area (Å²) in [6.07, 6.45) is 1.50. The maximum Gasteiger partial charge on any atom is 0.114 e. The molecule has 4 nitrogen and oxygen atoms in total. The minimum absolute atomic E-state index is 0.0305. The number of hydrogen-bond donors (Lipinski definition) is 3. The Bertz CT molecular complexity index is 149. The summed E-state index contributed by atoms with van der Waals surface area (Å²) < 4.78 is 4.90. The minimum atomic E-state index is -0.871. The highest BCUT2D eigenvalue weighted by atomic mass is 79.9. The van der Waals surface area contributed by atoms with E-state index in [0.29, 0.717) is 0 Å². The summed E-state index contributed by atoms with van der Waals surface area (Å²) in [5, 5.41) is 27.2. The number of ether oxygens (including phenoxy) is 1. The number of allylic oxidation sites excluding steroid dienone is 1. The van der Waals surface area contributed by atoms with Gasteiger partial charge in [0.15, 0.2) is 0 Å². The molecule has 0 rings (SSSR count). The summed E-state index contributed by atoms with van der Waals surface area (Å²) in [5.74, 6) is 0.143. The molecule has 0 aliphatic heterocycles. The molecule has 0 aliphatic rings. The number of alkyl halides is 1. The topological polar surface area (TPSA) is 69.9 Å². The zero-order valence-corrected chi connectivity index (χ0v) is 8.90. The molecule has 0 saturated carbocycles. The van der Waals surface area contributed by atoms with Gasteiger partial charge in [0.2, 0.25) is 0 Å². The average molecular weight is 255 g/mol. The fraction of sp³-hybridized carbons (Fsp3) is 0.750. The summed E-state index contributed by atoms with van der Waals surface area (Å²) in [7, 11) is 0. The normalized spacial score (nSPS) is 14.5. The molecular formula is C8H15BrO4. The van der Waals surface area contributed by atoms with Crippen molar-refractivity contribution in [3.8, 4) is 0 Å². The largest absolute Gasteiger partial charge is 0.510 e. The van der Waals surface area contributed by atoms with Gasteiger partial charge in [0, 0.05) is 5.33 Å². The standard InChI is InChI=1S/C8H15BrO4/c9-3-1-2-7(11)5-13-6-8(12)4-10/h2,8,10-12H,1,3-6H2/b7-2+. The third-order valence-electron chi connectivity index (χ3n) is 1.26. The highest BCUT2D eigenvalue weighted by molar-refractivity contribution is 9.09. The quantitative estimate of drug-likeness (QED) is 0.460. The SMILES string of the molecule is OCC(O)COC/C(O)=C\CCBr. The third-order valence-corrected chi connectivity index (χ3v) is 1.72. The second kappa shape index (κ2) is 8.50. The average Bonchev–Trinajstić information content (AvgIpc) is 2.14. The molecule has 0 aromatic heterocycles. The molecule has 1 unspecified atom stereocenters. The molecule has 1 atom stereocenters. The van der Waals surface area contributed by atoms with Crippen molar-refractivity contribution < 1.29 is 20.1 Å². The van der Waals surface area contributed by atoms with Gasteiger partial charge in [-0.05, 0) is 12.5 Å². The molecule has 78 valence electrons. The highest BCUT2D eigenvalue weighted by Crippen LogP contribution is 1.96. The second-order valence-corrected chi connectivity index (χ2v) is 3.32. The van der Waals surface area contributed by atoms with Crippen LogP contribution < -0.4 is 0 Å². The molecule has 0 radical (unpaired) electrons. The van der Waals surface area contributed by atoms with Crippen LogP contribution in [0.4, 0.5) is 0 Å². The molecule has 0 aromatic carbocycles. The maximum atomic E-state index is 9.14. The fourth-order valence-electron chi connectivity index (χ4n) is 0.632. The van der Waals surface area contributed by atoms with Gasteiger partial charge in [-0.2, -0.15) is 0 Å². The summed E-state index contributed by atoms with van der Waals surface area (Å²) >= 11 is 3.21. The highest BCUT2D eigenvalue weighted by Gasteiger charge is 2.01. The number of rotatable bonds is 7. The first-order valence-corrected chi connectivity index (χ1v) is 5.13. The van der Waals surface area contributed by atoms with Crippen molar-refractivity contribution >= 4 is 15.9 Å². The van der Waals surface area contributed by atoms with E-state index in [2.05, 4.69) is 15.9 Å². The lowest BCUT2D eigenvalue weighted by Crippen LogP contribution is -2.20. The Morgan fingerprint density at radius 1 is 1.54 bits per heavy atom. The van der Waals surface area contributed by atoms with Crippen LogP contribution in [0.15, 0.2) is 11.8 Å². The number of aliphatic hydroxyl groups excluding tert-OH is 3. The van der Waals surface area contributed by atoms with Crippen molar-refractivity contribution in [2.45, 2.75) is 12.5 Å². The predicted molar refractivity (Wildman–Crippen MR) is 53.0 cm³/mol. The van der Waals surface area contributed by atoms with Gasteiger partial charge < -0.3 is 20.1 Å². The molecule has 3 N–H and O–H groups in total. The smallest absolute Gasteiger partial charge is 0.114 e. The van der Waals surface area contributed by atoms with E-state index in [4.69, 9.17) is 20.1 Å². The first kappa shape index (κ1) is 12.9. The van der Waals surface area contributed by atoms with Gasteiger partial charge >= 0.3 is 0 Å². The van der Waals surface area contributed by atoms with Crippen molar-refractivity contribution in [1.29, 1.82) is 0 Å². The van der Waals surface area contributed by atoms with Crippen molar-refractivity contribution in [2.24, 2.45) is 0 Å². The van der Waals surface area contributed by atoms with Gasteiger partial charge in [0.25, 0.3) is 0 Å². The molecule has 0 saturated heterocycles. The van der Waals surface area contributed by atoms with Crippen LogP contribution >= 0.6 is 15.9 Å². The maximum absolute atomic E-state index is 9.14. The van der Waals surface area contributed by atoms with Gasteiger partial charge in [0.05, 0.1) is 13.2 Å². The lowest BCUT2D eigenvalue weighted by atomic mass is 10.4. The van der Waals surface area contributed by atoms with Crippen LogP contribution in [-0.4, -0.2) is 46.6 Å². The molecule has 13 heavy (non-hydrogen) atoms. The van der Waals surface area contributed by atoms with E-state index in [0.717, 1.165) is 11.8 Å². The number of aliphatic hydroxyl groups is 3. The van der Waals surface area contributed by atoms with Crippen molar-refractivity contribution in [1.82, 2.24) is 0 Å². The van der Waals surface area contributed by atoms with E-state index >= 15 is 0 Å². The Morgan fingerprint density at radius 3 is 2.77 bits per heavy atom. The molecular weight excluding hydrogens is 240 g/mol.